The van der Waals surface area contributed by atoms with Crippen LogP contribution in [-0.2, 0) is 14.4 Å². The first-order valence-electron chi connectivity index (χ1n) is 23.9. The SMILES string of the molecule is C=CCC1(C(C)CC)C(=O)NC(=O)NC1=O.CC(=O)Nc1ccc(O)cc1.CC(CN1c2ccccc2Sc2ccccc21)N(C)C.CC[C@@H](c1cccc(O)c1)[C@@H](C)CN(C)C.O=C(O)c1cccnc1. The van der Waals surface area contributed by atoms with E-state index >= 15 is 0 Å². The van der Waals surface area contributed by atoms with Gasteiger partial charge in [0, 0.05) is 53.9 Å². The van der Waals surface area contributed by atoms with Crippen LogP contribution in [0, 0.1) is 17.3 Å². The van der Waals surface area contributed by atoms with Crippen LogP contribution in [0.25, 0.3) is 0 Å². The molecule has 6 N–H and O–H groups in total. The van der Waals surface area contributed by atoms with E-state index in [1.54, 1.807) is 24.3 Å². The van der Waals surface area contributed by atoms with Gasteiger partial charge in [-0.25, -0.2) is 9.59 Å². The zero-order chi connectivity index (χ0) is 53.5. The van der Waals surface area contributed by atoms with E-state index in [-0.39, 0.29) is 29.6 Å². The van der Waals surface area contributed by atoms with Crippen LogP contribution in [-0.4, -0.2) is 107 Å². The number of aromatic carboxylic acids is 1. The van der Waals surface area contributed by atoms with Gasteiger partial charge in [0.05, 0.1) is 16.9 Å². The normalized spacial score (nSPS) is 14.7. The molecule has 0 spiro atoms. The molecule has 1 saturated heterocycles. The predicted molar refractivity (Wildman–Crippen MR) is 288 cm³/mol. The summed E-state index contributed by atoms with van der Waals surface area (Å²) in [6.07, 6.45) is 6.38. The van der Waals surface area contributed by atoms with Gasteiger partial charge in [-0.05, 0) is 144 Å². The molecule has 16 heteroatoms. The number of para-hydroxylation sites is 2. The number of carbonyl (C=O) groups excluding carboxylic acids is 4. The van der Waals surface area contributed by atoms with Crippen molar-refractivity contribution in [3.8, 4) is 11.5 Å². The van der Waals surface area contributed by atoms with Crippen LogP contribution in [0.1, 0.15) is 82.6 Å². The second-order valence-electron chi connectivity index (χ2n) is 18.1. The van der Waals surface area contributed by atoms with E-state index in [1.165, 1.54) is 70.3 Å². The molecule has 7 rings (SSSR count). The smallest absolute Gasteiger partial charge is 0.337 e. The molecular weight excluding hydrogens is 931 g/mol. The van der Waals surface area contributed by atoms with E-state index in [4.69, 9.17) is 10.2 Å². The van der Waals surface area contributed by atoms with Crippen molar-refractivity contribution in [2.45, 2.75) is 82.6 Å². The Morgan fingerprint density at radius 2 is 1.39 bits per heavy atom. The zero-order valence-corrected chi connectivity index (χ0v) is 44.1. The minimum atomic E-state index is -1.20. The number of likely N-dealkylation sites (N-methyl/N-ethyl adjacent to an activating group) is 1. The van der Waals surface area contributed by atoms with Crippen molar-refractivity contribution in [2.24, 2.45) is 17.3 Å². The predicted octanol–water partition coefficient (Wildman–Crippen LogP) is 10.4. The number of carbonyl (C=O) groups is 5. The van der Waals surface area contributed by atoms with Crippen LogP contribution in [0.5, 0.6) is 11.5 Å². The Kier molecular flexibility index (Phi) is 24.2. The van der Waals surface area contributed by atoms with Crippen LogP contribution < -0.4 is 20.9 Å². The minimum absolute atomic E-state index is 0.115. The van der Waals surface area contributed by atoms with Gasteiger partial charge in [-0.15, -0.1) is 6.58 Å². The van der Waals surface area contributed by atoms with Gasteiger partial charge in [0.15, 0.2) is 0 Å². The highest BCUT2D eigenvalue weighted by Gasteiger charge is 2.52. The number of benzene rings is 4. The number of nitrogens with one attached hydrogen (secondary N) is 3. The number of fused-ring (bicyclic) bond motifs is 2. The highest BCUT2D eigenvalue weighted by molar-refractivity contribution is 7.99. The van der Waals surface area contributed by atoms with Crippen molar-refractivity contribution in [1.82, 2.24) is 25.4 Å². The first-order chi connectivity index (χ1) is 34.2. The Labute approximate surface area is 429 Å². The number of phenolic OH excluding ortho intramolecular Hbond substituents is 2. The molecule has 2 aliphatic rings. The lowest BCUT2D eigenvalue weighted by atomic mass is 9.70. The molecule has 5 aromatic rings. The third kappa shape index (κ3) is 17.7. The number of carboxylic acids is 1. The molecule has 72 heavy (non-hydrogen) atoms. The maximum Gasteiger partial charge on any atom is 0.337 e. The van der Waals surface area contributed by atoms with Gasteiger partial charge in [0.25, 0.3) is 0 Å². The minimum Gasteiger partial charge on any atom is -0.508 e. The number of urea groups is 1. The Hall–Kier alpha value is -7.01. The van der Waals surface area contributed by atoms with Gasteiger partial charge in [0.2, 0.25) is 17.7 Å². The number of aromatic hydroxyl groups is 2. The van der Waals surface area contributed by atoms with Gasteiger partial charge in [-0.1, -0.05) is 88.4 Å². The lowest BCUT2D eigenvalue weighted by Gasteiger charge is -2.37. The number of amides is 5. The van der Waals surface area contributed by atoms with Gasteiger partial charge in [0.1, 0.15) is 16.9 Å². The molecular formula is C56H73N7O8S. The van der Waals surface area contributed by atoms with Crippen molar-refractivity contribution in [3.63, 3.8) is 0 Å². The van der Waals surface area contributed by atoms with E-state index in [2.05, 4.69) is 146 Å². The van der Waals surface area contributed by atoms with Crippen molar-refractivity contribution < 1.29 is 39.3 Å². The molecule has 2 aliphatic heterocycles. The molecule has 4 aromatic carbocycles. The van der Waals surface area contributed by atoms with E-state index in [9.17, 15) is 29.1 Å². The maximum atomic E-state index is 11.9. The van der Waals surface area contributed by atoms with Crippen LogP contribution in [0.4, 0.5) is 21.9 Å². The Balaban J connectivity index is 0.000000244. The number of carboxylic acid groups (broad SMARTS) is 1. The Bertz CT molecular complexity index is 2480. The number of rotatable bonds is 14. The van der Waals surface area contributed by atoms with Crippen LogP contribution in [0.3, 0.4) is 0 Å². The molecule has 0 bridgehead atoms. The molecule has 4 atom stereocenters. The first kappa shape index (κ1) is 59.3. The summed E-state index contributed by atoms with van der Waals surface area (Å²) in [4.78, 5) is 68.7. The fourth-order valence-electron chi connectivity index (χ4n) is 8.04. The molecule has 1 aromatic heterocycles. The standard InChI is InChI=1S/C17H20N2S.C14H23NO.C11H16N2O3.C8H9NO2.C6H5NO2/c1-13(18(2)3)12-19-14-8-4-6-10-16(14)20-17-11-7-5-9-15(17)19;1-5-14(11(2)10-15(3)4)12-7-6-8-13(16)9-12;1-4-6-11(7(3)5-2)8(14)12-10(16)13-9(11)15;1-6(10)9-7-2-4-8(11)5-3-7;8-6(9)5-2-1-3-7-4-5/h4-11,13H,12H2,1-3H3;6-9,11,14,16H,5,10H2,1-4H3;4,7H,1,5-6H2,2-3H3,(H2,12,13,14,15,16);2-5,11H,1H3,(H,9,10);1-4H,(H,8,9)/t;11-,14+;;;/m.0.../s1. The summed E-state index contributed by atoms with van der Waals surface area (Å²) in [5.74, 6) is -0.591. The second-order valence-corrected chi connectivity index (χ2v) is 19.2. The second kappa shape index (κ2) is 29.4. The van der Waals surface area contributed by atoms with Gasteiger partial charge in [-0.2, -0.15) is 0 Å². The Morgan fingerprint density at radius 3 is 1.83 bits per heavy atom. The maximum absolute atomic E-state index is 11.9. The average Bonchev–Trinajstić information content (AvgIpc) is 3.34. The fourth-order valence-corrected chi connectivity index (χ4v) is 9.14. The summed E-state index contributed by atoms with van der Waals surface area (Å²) in [5, 5.41) is 33.6. The van der Waals surface area contributed by atoms with Crippen molar-refractivity contribution in [1.29, 1.82) is 0 Å². The number of pyridine rings is 1. The number of hydrogen-bond donors (Lipinski definition) is 6. The highest BCUT2D eigenvalue weighted by Crippen LogP contribution is 2.48. The van der Waals surface area contributed by atoms with E-state index < -0.39 is 29.2 Å². The number of anilines is 3. The molecule has 0 aliphatic carbocycles. The monoisotopic (exact) mass is 1000 g/mol. The van der Waals surface area contributed by atoms with Crippen molar-refractivity contribution in [2.75, 3.05) is 51.5 Å². The van der Waals surface area contributed by atoms with E-state index in [0.717, 1.165) is 19.5 Å². The molecule has 1 fully saturated rings. The lowest BCUT2D eigenvalue weighted by Crippen LogP contribution is -2.64. The molecule has 2 unspecified atom stereocenters. The fraction of sp³-hybridized carbons (Fsp3) is 0.357. The molecule has 15 nitrogen and oxygen atoms in total. The molecule has 0 radical (unpaired) electrons. The van der Waals surface area contributed by atoms with Gasteiger partial charge >= 0.3 is 12.0 Å². The molecule has 5 amide bonds. The van der Waals surface area contributed by atoms with Crippen LogP contribution in [0.2, 0.25) is 0 Å². The summed E-state index contributed by atoms with van der Waals surface area (Å²) in [6.45, 7) is 17.5. The molecule has 3 heterocycles. The van der Waals surface area contributed by atoms with Crippen LogP contribution in [0.15, 0.2) is 144 Å². The summed E-state index contributed by atoms with van der Waals surface area (Å²) in [7, 11) is 8.49. The van der Waals surface area contributed by atoms with E-state index in [1.807, 2.05) is 37.7 Å². The number of aromatic nitrogens is 1. The summed E-state index contributed by atoms with van der Waals surface area (Å²) < 4.78 is 0. The van der Waals surface area contributed by atoms with Crippen LogP contribution >= 0.6 is 11.8 Å². The number of imide groups is 2. The molecule has 386 valence electrons. The third-order valence-corrected chi connectivity index (χ3v) is 13.3. The summed E-state index contributed by atoms with van der Waals surface area (Å²) >= 11 is 1.87. The largest absolute Gasteiger partial charge is 0.508 e. The van der Waals surface area contributed by atoms with Gasteiger partial charge < -0.3 is 35.3 Å². The average molecular weight is 1000 g/mol. The number of nitrogens with zero attached hydrogens (tertiary/aromatic N) is 4. The lowest BCUT2D eigenvalue weighted by molar-refractivity contribution is -0.148. The topological polar surface area (TPSA) is 205 Å². The van der Waals surface area contributed by atoms with Crippen molar-refractivity contribution >= 4 is 58.5 Å². The summed E-state index contributed by atoms with van der Waals surface area (Å²) in [5.41, 5.74) is 3.60. The first-order valence-corrected chi connectivity index (χ1v) is 24.7. The quantitative estimate of drug-likeness (QED) is 0.0349. The number of hydrogen-bond acceptors (Lipinski definition) is 12. The zero-order valence-electron chi connectivity index (χ0n) is 43.3. The summed E-state index contributed by atoms with van der Waals surface area (Å²) in [6, 6.07) is 34.2. The van der Waals surface area contributed by atoms with E-state index in [0.29, 0.717) is 35.7 Å². The Morgan fingerprint density at radius 1 is 0.806 bits per heavy atom. The highest BCUT2D eigenvalue weighted by atomic mass is 32.2. The van der Waals surface area contributed by atoms with Gasteiger partial charge in [-0.3, -0.25) is 30.0 Å². The number of phenols is 2. The number of barbiturate groups is 1. The van der Waals surface area contributed by atoms with Crippen molar-refractivity contribution in [3.05, 3.63) is 145 Å². The third-order valence-electron chi connectivity index (χ3n) is 12.2. The molecule has 0 saturated carbocycles. The number of allylic oxidation sites excluding steroid dienone is 1.